The lowest BCUT2D eigenvalue weighted by Crippen LogP contribution is -2.44. The van der Waals surface area contributed by atoms with E-state index in [-0.39, 0.29) is 5.56 Å². The highest BCUT2D eigenvalue weighted by Gasteiger charge is 2.26. The lowest BCUT2D eigenvalue weighted by molar-refractivity contribution is 0.221. The van der Waals surface area contributed by atoms with E-state index >= 15 is 0 Å². The minimum Gasteiger partial charge on any atom is -0.343 e. The number of likely N-dealkylation sites (N-methyl/N-ethyl adjacent to an activating group) is 1. The third-order valence-corrected chi connectivity index (χ3v) is 7.24. The van der Waals surface area contributed by atoms with E-state index in [1.165, 1.54) is 17.5 Å². The fraction of sp³-hybridized carbons (Fsp3) is 0.407. The number of nitrogens with one attached hydrogen (secondary N) is 2. The second-order valence-electron chi connectivity index (χ2n) is 9.20. The molecule has 33 heavy (non-hydrogen) atoms. The van der Waals surface area contributed by atoms with Crippen molar-refractivity contribution in [1.82, 2.24) is 14.8 Å². The molecule has 1 aliphatic heterocycles. The van der Waals surface area contributed by atoms with Crippen molar-refractivity contribution in [2.75, 3.05) is 25.0 Å². The average Bonchev–Trinajstić information content (AvgIpc) is 3.24. The minimum atomic E-state index is -0.0432. The van der Waals surface area contributed by atoms with Gasteiger partial charge in [-0.25, -0.2) is 0 Å². The number of aromatic nitrogens is 1. The molecule has 5 nitrogen and oxygen atoms in total. The summed E-state index contributed by atoms with van der Waals surface area (Å²) in [7, 11) is 0. The first kappa shape index (κ1) is 23.5. The van der Waals surface area contributed by atoms with E-state index in [1.807, 2.05) is 18.2 Å². The quantitative estimate of drug-likeness (QED) is 0.497. The molecule has 1 aliphatic rings. The van der Waals surface area contributed by atoms with Gasteiger partial charge >= 0.3 is 0 Å². The van der Waals surface area contributed by atoms with Crippen LogP contribution in [0.3, 0.4) is 0 Å². The fourth-order valence-electron chi connectivity index (χ4n) is 4.81. The molecule has 2 heterocycles. The number of hydrogen-bond donors (Lipinski definition) is 2. The van der Waals surface area contributed by atoms with Crippen molar-refractivity contribution in [3.63, 3.8) is 0 Å². The number of anilines is 1. The molecule has 6 heteroatoms. The van der Waals surface area contributed by atoms with Crippen LogP contribution in [-0.2, 0) is 6.54 Å². The van der Waals surface area contributed by atoms with Crippen LogP contribution >= 0.6 is 12.2 Å². The number of benzene rings is 2. The van der Waals surface area contributed by atoms with E-state index < -0.39 is 0 Å². The maximum atomic E-state index is 13.1. The molecule has 0 amide bonds. The van der Waals surface area contributed by atoms with Crippen molar-refractivity contribution in [2.45, 2.75) is 53.1 Å². The van der Waals surface area contributed by atoms with Gasteiger partial charge in [0.2, 0.25) is 0 Å². The maximum absolute atomic E-state index is 13.1. The molecule has 1 saturated heterocycles. The summed E-state index contributed by atoms with van der Waals surface area (Å²) in [4.78, 5) is 20.9. The molecular formula is C27H34N4OS. The van der Waals surface area contributed by atoms with Gasteiger partial charge in [-0.1, -0.05) is 31.2 Å². The van der Waals surface area contributed by atoms with Gasteiger partial charge in [0.25, 0.3) is 5.56 Å². The Hall–Kier alpha value is -2.70. The predicted molar refractivity (Wildman–Crippen MR) is 142 cm³/mol. The molecule has 0 bridgehead atoms. The van der Waals surface area contributed by atoms with Gasteiger partial charge in [-0.3, -0.25) is 9.69 Å². The largest absolute Gasteiger partial charge is 0.343 e. The smallest absolute Gasteiger partial charge is 0.253 e. The number of likely N-dealkylation sites (tertiary alicyclic amines) is 1. The molecule has 2 aromatic carbocycles. The van der Waals surface area contributed by atoms with Crippen LogP contribution in [0, 0.1) is 20.8 Å². The summed E-state index contributed by atoms with van der Waals surface area (Å²) in [6.45, 7) is 11.8. The number of nitrogens with zero attached hydrogens (tertiary/aromatic N) is 2. The Morgan fingerprint density at radius 3 is 2.79 bits per heavy atom. The van der Waals surface area contributed by atoms with Crippen LogP contribution in [0.25, 0.3) is 10.9 Å². The SMILES string of the molecule is CCN1CCCC1CN(Cc1cc2ccc(C)c(C)c2[nH]c1=O)C(=S)Nc1cccc(C)c1. The van der Waals surface area contributed by atoms with Gasteiger partial charge in [-0.05, 0) is 99.2 Å². The molecule has 174 valence electrons. The number of thiocarbonyl (C=S) groups is 1. The van der Waals surface area contributed by atoms with Crippen molar-refractivity contribution in [2.24, 2.45) is 0 Å². The molecule has 2 N–H and O–H groups in total. The van der Waals surface area contributed by atoms with Gasteiger partial charge < -0.3 is 15.2 Å². The molecule has 1 fully saturated rings. The Kier molecular flexibility index (Phi) is 7.15. The van der Waals surface area contributed by atoms with Gasteiger partial charge in [-0.15, -0.1) is 0 Å². The third kappa shape index (κ3) is 5.28. The first-order valence-corrected chi connectivity index (χ1v) is 12.2. The Bertz CT molecular complexity index is 1220. The molecule has 1 atom stereocenters. The molecule has 3 aromatic rings. The highest BCUT2D eigenvalue weighted by atomic mass is 32.1. The first-order chi connectivity index (χ1) is 15.9. The standard InChI is InChI=1S/C27H34N4OS/c1-5-30-13-7-10-24(30)17-31(27(33)28-23-9-6-8-18(2)14-23)16-22-15-21-12-11-19(3)20(4)25(21)29-26(22)32/h6,8-9,11-12,14-15,24H,5,7,10,13,16-17H2,1-4H3,(H,28,33)(H,29,32). The van der Waals surface area contributed by atoms with Crippen LogP contribution in [-0.4, -0.2) is 45.6 Å². The Morgan fingerprint density at radius 1 is 1.21 bits per heavy atom. The molecule has 1 aromatic heterocycles. The summed E-state index contributed by atoms with van der Waals surface area (Å²) in [6, 6.07) is 14.9. The number of fused-ring (bicyclic) bond motifs is 1. The van der Waals surface area contributed by atoms with Crippen LogP contribution in [0.2, 0.25) is 0 Å². The van der Waals surface area contributed by atoms with Gasteiger partial charge in [0.1, 0.15) is 0 Å². The molecular weight excluding hydrogens is 428 g/mol. The molecule has 0 aliphatic carbocycles. The number of rotatable bonds is 6. The van der Waals surface area contributed by atoms with Crippen molar-refractivity contribution in [1.29, 1.82) is 0 Å². The summed E-state index contributed by atoms with van der Waals surface area (Å²) in [5.41, 5.74) is 6.06. The monoisotopic (exact) mass is 462 g/mol. The normalized spacial score (nSPS) is 16.3. The third-order valence-electron chi connectivity index (χ3n) is 6.88. The van der Waals surface area contributed by atoms with Crippen molar-refractivity contribution in [3.05, 3.63) is 75.1 Å². The highest BCUT2D eigenvalue weighted by Crippen LogP contribution is 2.22. The lowest BCUT2D eigenvalue weighted by atomic mass is 10.0. The fourth-order valence-corrected chi connectivity index (χ4v) is 5.07. The second kappa shape index (κ2) is 10.1. The predicted octanol–water partition coefficient (Wildman–Crippen LogP) is 5.14. The second-order valence-corrected chi connectivity index (χ2v) is 9.59. The summed E-state index contributed by atoms with van der Waals surface area (Å²) in [6.07, 6.45) is 2.36. The van der Waals surface area contributed by atoms with Crippen LogP contribution in [0.15, 0.2) is 47.3 Å². The molecule has 1 unspecified atom stereocenters. The number of aryl methyl sites for hydroxylation is 3. The maximum Gasteiger partial charge on any atom is 0.253 e. The van der Waals surface area contributed by atoms with Crippen LogP contribution in [0.5, 0.6) is 0 Å². The van der Waals surface area contributed by atoms with E-state index in [9.17, 15) is 4.79 Å². The number of hydrogen-bond acceptors (Lipinski definition) is 3. The zero-order chi connectivity index (χ0) is 23.5. The summed E-state index contributed by atoms with van der Waals surface area (Å²) in [5, 5.41) is 5.12. The number of pyridine rings is 1. The van der Waals surface area contributed by atoms with E-state index in [4.69, 9.17) is 12.2 Å². The lowest BCUT2D eigenvalue weighted by Gasteiger charge is -2.32. The average molecular weight is 463 g/mol. The molecule has 0 radical (unpaired) electrons. The number of aromatic amines is 1. The topological polar surface area (TPSA) is 51.4 Å². The summed E-state index contributed by atoms with van der Waals surface area (Å²) in [5.74, 6) is 0. The van der Waals surface area contributed by atoms with Gasteiger partial charge in [0.05, 0.1) is 12.1 Å². The van der Waals surface area contributed by atoms with Crippen molar-refractivity contribution >= 4 is 33.9 Å². The molecule has 0 spiro atoms. The number of H-pyrrole nitrogens is 1. The van der Waals surface area contributed by atoms with Gasteiger partial charge in [0.15, 0.2) is 5.11 Å². The van der Waals surface area contributed by atoms with Crippen LogP contribution < -0.4 is 10.9 Å². The van der Waals surface area contributed by atoms with E-state index in [0.29, 0.717) is 17.7 Å². The Labute approximate surface area is 201 Å². The Morgan fingerprint density at radius 2 is 2.03 bits per heavy atom. The van der Waals surface area contributed by atoms with Gasteiger partial charge in [0, 0.05) is 23.8 Å². The van der Waals surface area contributed by atoms with Crippen molar-refractivity contribution < 1.29 is 0 Å². The van der Waals surface area contributed by atoms with E-state index in [1.54, 1.807) is 0 Å². The van der Waals surface area contributed by atoms with Gasteiger partial charge in [-0.2, -0.15) is 0 Å². The van der Waals surface area contributed by atoms with E-state index in [2.05, 4.69) is 72.1 Å². The zero-order valence-corrected chi connectivity index (χ0v) is 20.9. The Balaban J connectivity index is 1.64. The zero-order valence-electron chi connectivity index (χ0n) is 20.1. The molecule has 0 saturated carbocycles. The van der Waals surface area contributed by atoms with Crippen LogP contribution in [0.4, 0.5) is 5.69 Å². The minimum absolute atomic E-state index is 0.0432. The molecule has 4 rings (SSSR count). The highest BCUT2D eigenvalue weighted by molar-refractivity contribution is 7.80. The summed E-state index contributed by atoms with van der Waals surface area (Å²) >= 11 is 5.87. The van der Waals surface area contributed by atoms with E-state index in [0.717, 1.165) is 53.8 Å². The summed E-state index contributed by atoms with van der Waals surface area (Å²) < 4.78 is 0. The van der Waals surface area contributed by atoms with Crippen molar-refractivity contribution in [3.8, 4) is 0 Å². The first-order valence-electron chi connectivity index (χ1n) is 11.8. The van der Waals surface area contributed by atoms with Crippen LogP contribution in [0.1, 0.15) is 42.0 Å².